The molecule has 1 unspecified atom stereocenters. The highest BCUT2D eigenvalue weighted by Crippen LogP contribution is 2.20. The number of aliphatic hydroxyl groups is 1. The first kappa shape index (κ1) is 8.74. The van der Waals surface area contributed by atoms with Gasteiger partial charge in [-0.2, -0.15) is 0 Å². The fourth-order valence-electron chi connectivity index (χ4n) is 1.04. The molecule has 0 radical (unpaired) electrons. The molecule has 2 N–H and O–H groups in total. The molecule has 0 aliphatic carbocycles. The molecule has 1 aromatic rings. The topological polar surface area (TPSA) is 57.5 Å². The summed E-state index contributed by atoms with van der Waals surface area (Å²) in [6, 6.07) is 4.30. The SMILES string of the molecule is CC(O)c1ccc(O)cc1C=O. The van der Waals surface area contributed by atoms with Gasteiger partial charge >= 0.3 is 0 Å². The average Bonchev–Trinajstić information content (AvgIpc) is 2.03. The van der Waals surface area contributed by atoms with Crippen LogP contribution in [0.25, 0.3) is 0 Å². The lowest BCUT2D eigenvalue weighted by Gasteiger charge is -2.07. The second-order valence-electron chi connectivity index (χ2n) is 2.61. The van der Waals surface area contributed by atoms with Gasteiger partial charge in [0.2, 0.25) is 0 Å². The number of phenolic OH excluding ortho intramolecular Hbond substituents is 1. The Morgan fingerprint density at radius 1 is 1.50 bits per heavy atom. The van der Waals surface area contributed by atoms with Crippen LogP contribution < -0.4 is 0 Å². The van der Waals surface area contributed by atoms with Crippen molar-refractivity contribution in [2.75, 3.05) is 0 Å². The summed E-state index contributed by atoms with van der Waals surface area (Å²) in [6.07, 6.45) is -0.0762. The maximum Gasteiger partial charge on any atom is 0.150 e. The normalized spacial score (nSPS) is 12.5. The van der Waals surface area contributed by atoms with Crippen LogP contribution >= 0.6 is 0 Å². The summed E-state index contributed by atoms with van der Waals surface area (Å²) in [5.41, 5.74) is 0.854. The lowest BCUT2D eigenvalue weighted by molar-refractivity contribution is 0.111. The van der Waals surface area contributed by atoms with Crippen LogP contribution in [-0.2, 0) is 0 Å². The molecule has 0 amide bonds. The quantitative estimate of drug-likeness (QED) is 0.650. The lowest BCUT2D eigenvalue weighted by Crippen LogP contribution is -1.96. The Morgan fingerprint density at radius 3 is 2.67 bits per heavy atom. The molecule has 64 valence electrons. The van der Waals surface area contributed by atoms with Gasteiger partial charge in [0, 0.05) is 5.56 Å². The number of hydrogen-bond donors (Lipinski definition) is 2. The predicted octanol–water partition coefficient (Wildman–Crippen LogP) is 1.26. The van der Waals surface area contributed by atoms with Crippen molar-refractivity contribution >= 4 is 6.29 Å². The van der Waals surface area contributed by atoms with E-state index in [1.807, 2.05) is 0 Å². The van der Waals surface area contributed by atoms with Crippen LogP contribution in [0.2, 0.25) is 0 Å². The standard InChI is InChI=1S/C9H10O3/c1-6(11)9-3-2-8(12)4-7(9)5-10/h2-6,11-12H,1H3. The summed E-state index contributed by atoms with van der Waals surface area (Å²) in [5, 5.41) is 18.2. The van der Waals surface area contributed by atoms with E-state index in [0.29, 0.717) is 17.4 Å². The molecule has 3 nitrogen and oxygen atoms in total. The van der Waals surface area contributed by atoms with Crippen LogP contribution in [0.5, 0.6) is 5.75 Å². The summed E-state index contributed by atoms with van der Waals surface area (Å²) in [6.45, 7) is 1.57. The third-order valence-corrected chi connectivity index (χ3v) is 1.65. The zero-order valence-corrected chi connectivity index (χ0v) is 6.69. The Bertz CT molecular complexity index is 292. The molecule has 1 rings (SSSR count). The number of phenols is 1. The molecule has 1 atom stereocenters. The zero-order valence-electron chi connectivity index (χ0n) is 6.69. The first-order chi connectivity index (χ1) is 5.65. The Labute approximate surface area is 70.3 Å². The van der Waals surface area contributed by atoms with E-state index >= 15 is 0 Å². The molecule has 12 heavy (non-hydrogen) atoms. The average molecular weight is 166 g/mol. The van der Waals surface area contributed by atoms with Crippen LogP contribution in [0.3, 0.4) is 0 Å². The van der Waals surface area contributed by atoms with Crippen molar-refractivity contribution < 1.29 is 15.0 Å². The van der Waals surface area contributed by atoms with Gasteiger partial charge < -0.3 is 10.2 Å². The Balaban J connectivity index is 3.20. The van der Waals surface area contributed by atoms with Crippen molar-refractivity contribution in [2.24, 2.45) is 0 Å². The molecule has 1 aromatic carbocycles. The Hall–Kier alpha value is -1.35. The monoisotopic (exact) mass is 166 g/mol. The van der Waals surface area contributed by atoms with Crippen molar-refractivity contribution in [3.05, 3.63) is 29.3 Å². The number of aliphatic hydroxyl groups excluding tert-OH is 1. The van der Waals surface area contributed by atoms with Gasteiger partial charge in [-0.25, -0.2) is 0 Å². The predicted molar refractivity (Wildman–Crippen MR) is 44.1 cm³/mol. The van der Waals surface area contributed by atoms with Gasteiger partial charge in [-0.05, 0) is 24.6 Å². The highest BCUT2D eigenvalue weighted by Gasteiger charge is 2.07. The van der Waals surface area contributed by atoms with Gasteiger partial charge in [-0.1, -0.05) is 6.07 Å². The van der Waals surface area contributed by atoms with Crippen LogP contribution in [-0.4, -0.2) is 16.5 Å². The van der Waals surface area contributed by atoms with Crippen LogP contribution in [0.15, 0.2) is 18.2 Å². The van der Waals surface area contributed by atoms with E-state index in [4.69, 9.17) is 5.11 Å². The summed E-state index contributed by atoms with van der Waals surface area (Å²) in [7, 11) is 0. The van der Waals surface area contributed by atoms with Gasteiger partial charge in [0.05, 0.1) is 6.10 Å². The number of benzene rings is 1. The molecular weight excluding hydrogens is 156 g/mol. The molecule has 3 heteroatoms. The number of carbonyl (C=O) groups is 1. The van der Waals surface area contributed by atoms with Gasteiger partial charge in [0.1, 0.15) is 5.75 Å². The summed E-state index contributed by atoms with van der Waals surface area (Å²) in [5.74, 6) is 0.0292. The van der Waals surface area contributed by atoms with E-state index in [0.717, 1.165) is 0 Å². The third-order valence-electron chi connectivity index (χ3n) is 1.65. The first-order valence-electron chi connectivity index (χ1n) is 3.61. The summed E-state index contributed by atoms with van der Waals surface area (Å²) < 4.78 is 0. The number of carbonyl (C=O) groups excluding carboxylic acids is 1. The molecule has 0 aliphatic rings. The Kier molecular flexibility index (Phi) is 2.45. The van der Waals surface area contributed by atoms with Crippen molar-refractivity contribution in [3.8, 4) is 5.75 Å². The van der Waals surface area contributed by atoms with Crippen molar-refractivity contribution in [3.63, 3.8) is 0 Å². The molecule has 0 spiro atoms. The molecule has 0 aromatic heterocycles. The van der Waals surface area contributed by atoms with Crippen molar-refractivity contribution in [1.29, 1.82) is 0 Å². The maximum atomic E-state index is 10.5. The van der Waals surface area contributed by atoms with Gasteiger partial charge in [0.15, 0.2) is 6.29 Å². The number of aromatic hydroxyl groups is 1. The minimum atomic E-state index is -0.689. The van der Waals surface area contributed by atoms with Crippen LogP contribution in [0.1, 0.15) is 28.9 Å². The number of aldehydes is 1. The minimum Gasteiger partial charge on any atom is -0.508 e. The first-order valence-corrected chi connectivity index (χ1v) is 3.61. The molecular formula is C9H10O3. The van der Waals surface area contributed by atoms with Crippen molar-refractivity contribution in [1.82, 2.24) is 0 Å². The molecule has 0 aliphatic heterocycles. The van der Waals surface area contributed by atoms with E-state index in [9.17, 15) is 9.90 Å². The number of rotatable bonds is 2. The fraction of sp³-hybridized carbons (Fsp3) is 0.222. The molecule has 0 saturated carbocycles. The summed E-state index contributed by atoms with van der Waals surface area (Å²) >= 11 is 0. The van der Waals surface area contributed by atoms with E-state index in [1.54, 1.807) is 6.92 Å². The van der Waals surface area contributed by atoms with Gasteiger partial charge in [-0.15, -0.1) is 0 Å². The zero-order chi connectivity index (χ0) is 9.14. The second kappa shape index (κ2) is 3.36. The Morgan fingerprint density at radius 2 is 2.17 bits per heavy atom. The smallest absolute Gasteiger partial charge is 0.150 e. The van der Waals surface area contributed by atoms with E-state index in [-0.39, 0.29) is 5.75 Å². The largest absolute Gasteiger partial charge is 0.508 e. The minimum absolute atomic E-state index is 0.0292. The molecule has 0 fully saturated rings. The van der Waals surface area contributed by atoms with Crippen molar-refractivity contribution in [2.45, 2.75) is 13.0 Å². The van der Waals surface area contributed by atoms with Crippen LogP contribution in [0.4, 0.5) is 0 Å². The fourth-order valence-corrected chi connectivity index (χ4v) is 1.04. The summed E-state index contributed by atoms with van der Waals surface area (Å²) in [4.78, 5) is 10.5. The van der Waals surface area contributed by atoms with E-state index < -0.39 is 6.10 Å². The van der Waals surface area contributed by atoms with E-state index in [2.05, 4.69) is 0 Å². The highest BCUT2D eigenvalue weighted by atomic mass is 16.3. The van der Waals surface area contributed by atoms with E-state index in [1.165, 1.54) is 18.2 Å². The molecule has 0 bridgehead atoms. The van der Waals surface area contributed by atoms with Crippen LogP contribution in [0, 0.1) is 0 Å². The highest BCUT2D eigenvalue weighted by molar-refractivity contribution is 5.78. The third kappa shape index (κ3) is 1.62. The van der Waals surface area contributed by atoms with Gasteiger partial charge in [-0.3, -0.25) is 4.79 Å². The lowest BCUT2D eigenvalue weighted by atomic mass is 10.0. The second-order valence-corrected chi connectivity index (χ2v) is 2.61. The number of hydrogen-bond acceptors (Lipinski definition) is 3. The molecule has 0 saturated heterocycles. The molecule has 0 heterocycles. The maximum absolute atomic E-state index is 10.5. The van der Waals surface area contributed by atoms with Gasteiger partial charge in [0.25, 0.3) is 0 Å².